The first-order valence-corrected chi connectivity index (χ1v) is 10.2. The highest BCUT2D eigenvalue weighted by molar-refractivity contribution is 5.73. The van der Waals surface area contributed by atoms with Crippen molar-refractivity contribution in [3.63, 3.8) is 0 Å². The second-order valence-electron chi connectivity index (χ2n) is 7.89. The van der Waals surface area contributed by atoms with Gasteiger partial charge in [0.15, 0.2) is 12.6 Å². The molecule has 6 unspecified atom stereocenters. The first-order chi connectivity index (χ1) is 15.0. The van der Waals surface area contributed by atoms with Crippen molar-refractivity contribution >= 4 is 5.91 Å². The summed E-state index contributed by atoms with van der Waals surface area (Å²) >= 11 is 0. The van der Waals surface area contributed by atoms with Crippen molar-refractivity contribution in [1.29, 1.82) is 0 Å². The van der Waals surface area contributed by atoms with Crippen molar-refractivity contribution in [2.75, 3.05) is 19.8 Å². The number of ether oxygens (including phenoxy) is 4. The molecule has 14 heteroatoms. The van der Waals surface area contributed by atoms with Crippen LogP contribution in [0.15, 0.2) is 0 Å². The minimum Gasteiger partial charge on any atom is -0.394 e. The Labute approximate surface area is 183 Å². The van der Waals surface area contributed by atoms with E-state index < -0.39 is 92.7 Å². The monoisotopic (exact) mass is 471 g/mol. The van der Waals surface area contributed by atoms with Crippen molar-refractivity contribution in [2.24, 2.45) is 0 Å². The van der Waals surface area contributed by atoms with E-state index in [-0.39, 0.29) is 6.61 Å². The molecule has 0 aromatic rings. The molecule has 12 atom stereocenters. The molecule has 9 N–H and O–H groups in total. The van der Waals surface area contributed by atoms with Gasteiger partial charge in [0.2, 0.25) is 5.91 Å². The predicted molar refractivity (Wildman–Crippen MR) is 102 cm³/mol. The number of amides is 1. The van der Waals surface area contributed by atoms with Crippen LogP contribution in [0.4, 0.5) is 0 Å². The highest BCUT2D eigenvalue weighted by Crippen LogP contribution is 2.29. The number of hydrogen-bond donors (Lipinski definition) is 9. The SMILES string of the molecule is CC(=O)N[C@@H](CO[C@@H]1OC(CO)[C@@H](O[C@@H]2OC(CO)[C@H](O)C(O)C2O)C(O)C1O)[C@@H](C)O. The fourth-order valence-corrected chi connectivity index (χ4v) is 3.45. The van der Waals surface area contributed by atoms with Crippen LogP contribution >= 0.6 is 0 Å². The van der Waals surface area contributed by atoms with Gasteiger partial charge in [-0.25, -0.2) is 0 Å². The summed E-state index contributed by atoms with van der Waals surface area (Å²) in [5, 5.41) is 81.9. The van der Waals surface area contributed by atoms with E-state index in [0.29, 0.717) is 0 Å². The van der Waals surface area contributed by atoms with Gasteiger partial charge < -0.3 is 65.1 Å². The smallest absolute Gasteiger partial charge is 0.217 e. The van der Waals surface area contributed by atoms with E-state index in [1.165, 1.54) is 13.8 Å². The first-order valence-electron chi connectivity index (χ1n) is 10.2. The van der Waals surface area contributed by atoms with E-state index >= 15 is 0 Å². The Balaban J connectivity index is 2.06. The van der Waals surface area contributed by atoms with Gasteiger partial charge in [0.1, 0.15) is 48.8 Å². The Morgan fingerprint density at radius 1 is 0.906 bits per heavy atom. The summed E-state index contributed by atoms with van der Waals surface area (Å²) in [5.74, 6) is -0.425. The number of rotatable bonds is 9. The molecule has 188 valence electrons. The Bertz CT molecular complexity index is 591. The molecule has 2 rings (SSSR count). The maximum Gasteiger partial charge on any atom is 0.217 e. The van der Waals surface area contributed by atoms with Gasteiger partial charge in [-0.05, 0) is 6.92 Å². The summed E-state index contributed by atoms with van der Waals surface area (Å²) in [6, 6.07) is -0.837. The Morgan fingerprint density at radius 3 is 2.00 bits per heavy atom. The van der Waals surface area contributed by atoms with Crippen LogP contribution < -0.4 is 5.32 Å². The number of aliphatic hydroxyl groups is 8. The molecule has 2 aliphatic heterocycles. The van der Waals surface area contributed by atoms with E-state index in [9.17, 15) is 45.6 Å². The molecule has 0 radical (unpaired) electrons. The first kappa shape index (κ1) is 27.2. The third-order valence-corrected chi connectivity index (χ3v) is 5.37. The van der Waals surface area contributed by atoms with Crippen LogP contribution in [0.2, 0.25) is 0 Å². The summed E-state index contributed by atoms with van der Waals surface area (Å²) in [4.78, 5) is 11.2. The highest BCUT2D eigenvalue weighted by Gasteiger charge is 2.50. The van der Waals surface area contributed by atoms with Crippen molar-refractivity contribution < 1.29 is 64.6 Å². The average Bonchev–Trinajstić information content (AvgIpc) is 2.74. The lowest BCUT2D eigenvalue weighted by atomic mass is 9.97. The van der Waals surface area contributed by atoms with Crippen molar-refractivity contribution in [1.82, 2.24) is 5.32 Å². The molecule has 1 amide bonds. The van der Waals surface area contributed by atoms with E-state index in [2.05, 4.69) is 5.32 Å². The quantitative estimate of drug-likeness (QED) is 0.153. The lowest BCUT2D eigenvalue weighted by molar-refractivity contribution is -0.359. The molecule has 32 heavy (non-hydrogen) atoms. The lowest BCUT2D eigenvalue weighted by Gasteiger charge is -2.46. The number of carbonyl (C=O) groups is 1. The number of hydrogen-bond acceptors (Lipinski definition) is 13. The molecule has 0 aliphatic carbocycles. The Hall–Kier alpha value is -1.01. The standard InChI is InChI=1S/C18H33NO13/c1-6(22)8(19-7(2)23)5-29-17-15(28)13(26)16(10(4-21)31-17)32-18-14(27)12(25)11(24)9(3-20)30-18/h6,8-18,20-22,24-28H,3-5H2,1-2H3,(H,19,23)/t6-,8+,9?,10?,11+,12?,13?,14?,15?,16-,17-,18+/m1/s1. The second-order valence-corrected chi connectivity index (χ2v) is 7.89. The molecule has 0 bridgehead atoms. The zero-order chi connectivity index (χ0) is 24.2. The van der Waals surface area contributed by atoms with Gasteiger partial charge >= 0.3 is 0 Å². The summed E-state index contributed by atoms with van der Waals surface area (Å²) in [5.41, 5.74) is 0. The summed E-state index contributed by atoms with van der Waals surface area (Å²) in [7, 11) is 0. The Kier molecular flexibility index (Phi) is 10.1. The molecular weight excluding hydrogens is 438 g/mol. The van der Waals surface area contributed by atoms with Gasteiger partial charge in [0.05, 0.1) is 32.0 Å². The van der Waals surface area contributed by atoms with Gasteiger partial charge in [-0.3, -0.25) is 4.79 Å². The molecule has 2 heterocycles. The molecule has 2 fully saturated rings. The lowest BCUT2D eigenvalue weighted by Crippen LogP contribution is -2.65. The number of nitrogens with one attached hydrogen (secondary N) is 1. The average molecular weight is 471 g/mol. The van der Waals surface area contributed by atoms with Gasteiger partial charge in [-0.2, -0.15) is 0 Å². The van der Waals surface area contributed by atoms with E-state index in [1.54, 1.807) is 0 Å². The van der Waals surface area contributed by atoms with Crippen molar-refractivity contribution in [3.8, 4) is 0 Å². The summed E-state index contributed by atoms with van der Waals surface area (Å²) < 4.78 is 21.5. The summed E-state index contributed by atoms with van der Waals surface area (Å²) in [6.07, 6.45) is -16.6. The number of aliphatic hydroxyl groups excluding tert-OH is 8. The fourth-order valence-electron chi connectivity index (χ4n) is 3.45. The third kappa shape index (κ3) is 6.31. The van der Waals surface area contributed by atoms with Gasteiger partial charge in [0.25, 0.3) is 0 Å². The molecule has 2 aliphatic rings. The zero-order valence-corrected chi connectivity index (χ0v) is 17.7. The maximum atomic E-state index is 11.2. The highest BCUT2D eigenvalue weighted by atomic mass is 16.7. The van der Waals surface area contributed by atoms with Crippen LogP contribution in [0, 0.1) is 0 Å². The van der Waals surface area contributed by atoms with Crippen LogP contribution in [0.25, 0.3) is 0 Å². The molecule has 14 nitrogen and oxygen atoms in total. The van der Waals surface area contributed by atoms with E-state index in [4.69, 9.17) is 18.9 Å². The van der Waals surface area contributed by atoms with Gasteiger partial charge in [-0.1, -0.05) is 0 Å². The molecule has 0 aromatic heterocycles. The molecule has 0 spiro atoms. The van der Waals surface area contributed by atoms with Crippen molar-refractivity contribution in [3.05, 3.63) is 0 Å². The zero-order valence-electron chi connectivity index (χ0n) is 17.7. The van der Waals surface area contributed by atoms with Crippen LogP contribution in [0.1, 0.15) is 13.8 Å². The van der Waals surface area contributed by atoms with Crippen LogP contribution in [-0.4, -0.2) is 140 Å². The topological polar surface area (TPSA) is 228 Å². The van der Waals surface area contributed by atoms with Crippen LogP contribution in [0.5, 0.6) is 0 Å². The summed E-state index contributed by atoms with van der Waals surface area (Å²) in [6.45, 7) is 0.959. The normalized spacial score (nSPS) is 42.3. The molecular formula is C18H33NO13. The van der Waals surface area contributed by atoms with Crippen molar-refractivity contribution in [2.45, 2.75) is 87.4 Å². The van der Waals surface area contributed by atoms with E-state index in [0.717, 1.165) is 0 Å². The van der Waals surface area contributed by atoms with Gasteiger partial charge in [0, 0.05) is 6.92 Å². The van der Waals surface area contributed by atoms with Crippen LogP contribution in [0.3, 0.4) is 0 Å². The minimum absolute atomic E-state index is 0.290. The fraction of sp³-hybridized carbons (Fsp3) is 0.944. The number of carbonyl (C=O) groups excluding carboxylic acids is 1. The van der Waals surface area contributed by atoms with E-state index in [1.807, 2.05) is 0 Å². The second kappa shape index (κ2) is 11.9. The largest absolute Gasteiger partial charge is 0.394 e. The van der Waals surface area contributed by atoms with Crippen LogP contribution in [-0.2, 0) is 23.7 Å². The molecule has 0 aromatic carbocycles. The predicted octanol–water partition coefficient (Wildman–Crippen LogP) is -5.49. The molecule has 2 saturated heterocycles. The maximum absolute atomic E-state index is 11.2. The molecule has 0 saturated carbocycles. The van der Waals surface area contributed by atoms with Gasteiger partial charge in [-0.15, -0.1) is 0 Å². The minimum atomic E-state index is -1.77. The third-order valence-electron chi connectivity index (χ3n) is 5.37. The Morgan fingerprint density at radius 2 is 1.47 bits per heavy atom.